The standard InChI is InChI=1S/C20H25N3O3S.ClH/c1-26-20-8-7-18(14-19(20)23-11-9-21-10-12-23)27(24,25)22-17-6-5-15-3-2-4-16(15)13-17;/h5-8,13-14,21-22H,2-4,9-12H2,1H3;1H. The predicted octanol–water partition coefficient (Wildman–Crippen LogP) is 2.82. The van der Waals surface area contributed by atoms with Crippen LogP contribution in [0.4, 0.5) is 11.4 Å². The van der Waals surface area contributed by atoms with E-state index in [0.29, 0.717) is 11.4 Å². The van der Waals surface area contributed by atoms with E-state index >= 15 is 0 Å². The monoisotopic (exact) mass is 423 g/mol. The number of methoxy groups -OCH3 is 1. The Hall–Kier alpha value is -1.96. The third kappa shape index (κ3) is 4.21. The average Bonchev–Trinajstić information content (AvgIpc) is 3.15. The number of rotatable bonds is 5. The van der Waals surface area contributed by atoms with Gasteiger partial charge in [0.05, 0.1) is 17.7 Å². The Morgan fingerprint density at radius 2 is 1.79 bits per heavy atom. The number of nitrogens with one attached hydrogen (secondary N) is 2. The molecule has 0 atom stereocenters. The van der Waals surface area contributed by atoms with E-state index in [0.717, 1.165) is 51.1 Å². The quantitative estimate of drug-likeness (QED) is 0.773. The van der Waals surface area contributed by atoms with Gasteiger partial charge in [0, 0.05) is 31.9 Å². The van der Waals surface area contributed by atoms with Crippen LogP contribution in [0.25, 0.3) is 0 Å². The van der Waals surface area contributed by atoms with Gasteiger partial charge in [0.1, 0.15) is 5.75 Å². The van der Waals surface area contributed by atoms with Crippen molar-refractivity contribution in [3.05, 3.63) is 47.5 Å². The zero-order valence-electron chi connectivity index (χ0n) is 15.9. The highest BCUT2D eigenvalue weighted by Crippen LogP contribution is 2.32. The van der Waals surface area contributed by atoms with Gasteiger partial charge in [-0.3, -0.25) is 4.72 Å². The molecule has 0 bridgehead atoms. The topological polar surface area (TPSA) is 70.7 Å². The number of benzene rings is 2. The minimum atomic E-state index is -3.66. The first-order chi connectivity index (χ1) is 13.1. The predicted molar refractivity (Wildman–Crippen MR) is 115 cm³/mol. The summed E-state index contributed by atoms with van der Waals surface area (Å²) < 4.78 is 34.1. The van der Waals surface area contributed by atoms with Crippen LogP contribution in [0.15, 0.2) is 41.3 Å². The van der Waals surface area contributed by atoms with Gasteiger partial charge in [0.2, 0.25) is 0 Å². The van der Waals surface area contributed by atoms with Crippen molar-refractivity contribution >= 4 is 33.8 Å². The molecule has 0 unspecified atom stereocenters. The zero-order chi connectivity index (χ0) is 18.9. The molecule has 2 aromatic rings. The van der Waals surface area contributed by atoms with Gasteiger partial charge in [-0.15, -0.1) is 12.4 Å². The molecule has 28 heavy (non-hydrogen) atoms. The lowest BCUT2D eigenvalue weighted by atomic mass is 10.1. The van der Waals surface area contributed by atoms with Crippen LogP contribution >= 0.6 is 12.4 Å². The number of fused-ring (bicyclic) bond motifs is 1. The van der Waals surface area contributed by atoms with Crippen molar-refractivity contribution in [3.8, 4) is 5.75 Å². The van der Waals surface area contributed by atoms with Gasteiger partial charge in [-0.25, -0.2) is 8.42 Å². The molecule has 8 heteroatoms. The van der Waals surface area contributed by atoms with E-state index < -0.39 is 10.0 Å². The molecule has 0 radical (unpaired) electrons. The molecule has 2 N–H and O–H groups in total. The lowest BCUT2D eigenvalue weighted by Crippen LogP contribution is -2.43. The van der Waals surface area contributed by atoms with Gasteiger partial charge in [-0.2, -0.15) is 0 Å². The average molecular weight is 424 g/mol. The number of nitrogens with zero attached hydrogens (tertiary/aromatic N) is 1. The van der Waals surface area contributed by atoms with Crippen molar-refractivity contribution in [2.45, 2.75) is 24.2 Å². The van der Waals surface area contributed by atoms with Gasteiger partial charge in [-0.1, -0.05) is 6.07 Å². The molecule has 1 saturated heterocycles. The molecule has 0 amide bonds. The molecule has 2 aromatic carbocycles. The van der Waals surface area contributed by atoms with Crippen LogP contribution in [0, 0.1) is 0 Å². The summed E-state index contributed by atoms with van der Waals surface area (Å²) in [5.41, 5.74) is 4.00. The largest absolute Gasteiger partial charge is 0.495 e. The van der Waals surface area contributed by atoms with Crippen molar-refractivity contribution in [1.82, 2.24) is 5.32 Å². The Bertz CT molecular complexity index is 944. The molecule has 0 spiro atoms. The first-order valence-electron chi connectivity index (χ1n) is 9.35. The highest BCUT2D eigenvalue weighted by molar-refractivity contribution is 7.92. The second-order valence-corrected chi connectivity index (χ2v) is 8.70. The van der Waals surface area contributed by atoms with Crippen molar-refractivity contribution in [3.63, 3.8) is 0 Å². The Labute approximate surface area is 172 Å². The van der Waals surface area contributed by atoms with Crippen LogP contribution in [-0.2, 0) is 22.9 Å². The van der Waals surface area contributed by atoms with E-state index in [-0.39, 0.29) is 17.3 Å². The Balaban J connectivity index is 0.00000225. The summed E-state index contributed by atoms with van der Waals surface area (Å²) in [6.45, 7) is 3.37. The summed E-state index contributed by atoms with van der Waals surface area (Å²) in [5.74, 6) is 0.688. The number of halogens is 1. The van der Waals surface area contributed by atoms with Crippen LogP contribution in [0.2, 0.25) is 0 Å². The van der Waals surface area contributed by atoms with E-state index in [4.69, 9.17) is 4.74 Å². The van der Waals surface area contributed by atoms with Crippen LogP contribution in [-0.4, -0.2) is 41.7 Å². The van der Waals surface area contributed by atoms with Crippen LogP contribution in [0.1, 0.15) is 17.5 Å². The maximum Gasteiger partial charge on any atom is 0.261 e. The minimum Gasteiger partial charge on any atom is -0.495 e. The van der Waals surface area contributed by atoms with Crippen LogP contribution < -0.4 is 19.7 Å². The summed E-state index contributed by atoms with van der Waals surface area (Å²) in [6.07, 6.45) is 3.23. The number of sulfonamides is 1. The SMILES string of the molecule is COc1ccc(S(=O)(=O)Nc2ccc3c(c2)CCC3)cc1N1CCNCC1.Cl. The van der Waals surface area contributed by atoms with E-state index in [9.17, 15) is 8.42 Å². The second-order valence-electron chi connectivity index (χ2n) is 7.01. The van der Waals surface area contributed by atoms with Crippen LogP contribution in [0.5, 0.6) is 5.75 Å². The van der Waals surface area contributed by atoms with Gasteiger partial charge < -0.3 is 15.0 Å². The first-order valence-corrected chi connectivity index (χ1v) is 10.8. The van der Waals surface area contributed by atoms with E-state index in [1.807, 2.05) is 18.2 Å². The van der Waals surface area contributed by atoms with Crippen LogP contribution in [0.3, 0.4) is 0 Å². The summed E-state index contributed by atoms with van der Waals surface area (Å²) >= 11 is 0. The maximum atomic E-state index is 13.0. The summed E-state index contributed by atoms with van der Waals surface area (Å²) in [7, 11) is -2.06. The fourth-order valence-electron chi connectivity index (χ4n) is 3.84. The van der Waals surface area contributed by atoms with Crippen molar-refractivity contribution < 1.29 is 13.2 Å². The molecule has 1 heterocycles. The van der Waals surface area contributed by atoms with Crippen molar-refractivity contribution in [2.75, 3.05) is 42.9 Å². The number of ether oxygens (including phenoxy) is 1. The molecule has 6 nitrogen and oxygen atoms in total. The highest BCUT2D eigenvalue weighted by Gasteiger charge is 2.21. The Morgan fingerprint density at radius 1 is 1.04 bits per heavy atom. The first kappa shape index (κ1) is 20.8. The molecule has 152 valence electrons. The normalized spacial score (nSPS) is 16.2. The third-order valence-electron chi connectivity index (χ3n) is 5.27. The molecule has 0 aromatic heterocycles. The minimum absolute atomic E-state index is 0. The summed E-state index contributed by atoms with van der Waals surface area (Å²) in [5, 5.41) is 3.31. The molecule has 1 aliphatic heterocycles. The molecule has 0 saturated carbocycles. The van der Waals surface area contributed by atoms with E-state index in [1.165, 1.54) is 11.1 Å². The van der Waals surface area contributed by atoms with Crippen molar-refractivity contribution in [1.29, 1.82) is 0 Å². The number of anilines is 2. The van der Waals surface area contributed by atoms with Gasteiger partial charge in [0.25, 0.3) is 10.0 Å². The summed E-state index contributed by atoms with van der Waals surface area (Å²) in [4.78, 5) is 2.40. The zero-order valence-corrected chi connectivity index (χ0v) is 17.5. The number of aryl methyl sites for hydroxylation is 2. The number of hydrogen-bond acceptors (Lipinski definition) is 5. The fraction of sp³-hybridized carbons (Fsp3) is 0.400. The molecule has 4 rings (SSSR count). The Morgan fingerprint density at radius 3 is 2.54 bits per heavy atom. The van der Waals surface area contributed by atoms with E-state index in [1.54, 1.807) is 25.3 Å². The smallest absolute Gasteiger partial charge is 0.261 e. The van der Waals surface area contributed by atoms with Gasteiger partial charge in [0.15, 0.2) is 0 Å². The maximum absolute atomic E-state index is 13.0. The van der Waals surface area contributed by atoms with Crippen molar-refractivity contribution in [2.24, 2.45) is 0 Å². The van der Waals surface area contributed by atoms with Gasteiger partial charge >= 0.3 is 0 Å². The van der Waals surface area contributed by atoms with Gasteiger partial charge in [-0.05, 0) is 60.7 Å². The molecule has 2 aliphatic rings. The molecular weight excluding hydrogens is 398 g/mol. The Kier molecular flexibility index (Phi) is 6.37. The summed E-state index contributed by atoms with van der Waals surface area (Å²) in [6, 6.07) is 10.9. The van der Waals surface area contributed by atoms with E-state index in [2.05, 4.69) is 14.9 Å². The third-order valence-corrected chi connectivity index (χ3v) is 6.65. The fourth-order valence-corrected chi connectivity index (χ4v) is 4.91. The second kappa shape index (κ2) is 8.59. The lowest BCUT2D eigenvalue weighted by molar-refractivity contribution is 0.412. The molecule has 1 fully saturated rings. The lowest BCUT2D eigenvalue weighted by Gasteiger charge is -2.30. The number of hydrogen-bond donors (Lipinski definition) is 2. The number of piperazine rings is 1. The highest BCUT2D eigenvalue weighted by atomic mass is 35.5. The molecule has 1 aliphatic carbocycles. The molecular formula is C20H26ClN3O3S.